The Morgan fingerprint density at radius 2 is 2.21 bits per heavy atom. The van der Waals surface area contributed by atoms with Gasteiger partial charge in [-0.1, -0.05) is 0 Å². The zero-order chi connectivity index (χ0) is 9.97. The number of piperidine rings is 1. The molecular weight excluding hydrogens is 178 g/mol. The molecule has 1 fully saturated rings. The van der Waals surface area contributed by atoms with Crippen LogP contribution in [0, 0.1) is 12.8 Å². The summed E-state index contributed by atoms with van der Waals surface area (Å²) in [6.07, 6.45) is 4.14. The van der Waals surface area contributed by atoms with E-state index in [4.69, 9.17) is 0 Å². The minimum Gasteiger partial charge on any atom is -0.317 e. The summed E-state index contributed by atoms with van der Waals surface area (Å²) in [7, 11) is 0. The maximum Gasteiger partial charge on any atom is 0.325 e. The van der Waals surface area contributed by atoms with Crippen molar-refractivity contribution in [2.24, 2.45) is 5.92 Å². The highest BCUT2D eigenvalue weighted by Gasteiger charge is 2.15. The summed E-state index contributed by atoms with van der Waals surface area (Å²) < 4.78 is 1.84. The van der Waals surface area contributed by atoms with Gasteiger partial charge in [0, 0.05) is 18.4 Å². The van der Waals surface area contributed by atoms with Crippen LogP contribution in [0.25, 0.3) is 0 Å². The summed E-state index contributed by atoms with van der Waals surface area (Å²) in [5.41, 5.74) is 1.06. The lowest BCUT2D eigenvalue weighted by Crippen LogP contribution is -2.32. The van der Waals surface area contributed by atoms with Gasteiger partial charge in [0.1, 0.15) is 0 Å². The van der Waals surface area contributed by atoms with Crippen molar-refractivity contribution >= 4 is 0 Å². The van der Waals surface area contributed by atoms with Gasteiger partial charge in [-0.15, -0.1) is 0 Å². The van der Waals surface area contributed by atoms with E-state index in [1.54, 1.807) is 6.20 Å². The van der Waals surface area contributed by atoms with E-state index in [0.717, 1.165) is 25.3 Å². The van der Waals surface area contributed by atoms with Crippen LogP contribution in [0.15, 0.2) is 11.0 Å². The van der Waals surface area contributed by atoms with Gasteiger partial charge in [0.05, 0.1) is 0 Å². The number of rotatable bonds is 2. The van der Waals surface area contributed by atoms with E-state index < -0.39 is 0 Å². The normalized spacial score (nSPS) is 18.6. The maximum atomic E-state index is 11.4. The first-order valence-corrected chi connectivity index (χ1v) is 5.23. The van der Waals surface area contributed by atoms with Gasteiger partial charge >= 0.3 is 5.69 Å². The number of hydrogen-bond acceptors (Lipinski definition) is 2. The Hall–Kier alpha value is -1.03. The highest BCUT2D eigenvalue weighted by molar-refractivity contribution is 4.95. The number of nitrogens with zero attached hydrogens (tertiary/aromatic N) is 1. The summed E-state index contributed by atoms with van der Waals surface area (Å²) >= 11 is 0. The molecule has 0 spiro atoms. The molecule has 2 rings (SSSR count). The molecule has 0 radical (unpaired) electrons. The minimum atomic E-state index is 0.0287. The van der Waals surface area contributed by atoms with Crippen molar-refractivity contribution in [2.75, 3.05) is 13.1 Å². The average Bonchev–Trinajstić information content (AvgIpc) is 2.51. The van der Waals surface area contributed by atoms with E-state index >= 15 is 0 Å². The highest BCUT2D eigenvalue weighted by atomic mass is 16.1. The van der Waals surface area contributed by atoms with Gasteiger partial charge < -0.3 is 10.3 Å². The Morgan fingerprint density at radius 1 is 1.50 bits per heavy atom. The van der Waals surface area contributed by atoms with Crippen LogP contribution in [-0.2, 0) is 6.54 Å². The molecule has 1 aliphatic rings. The SMILES string of the molecule is Cc1c[nH]c(=O)n1CC1CCNCC1. The molecule has 0 aliphatic carbocycles. The third kappa shape index (κ3) is 1.90. The first-order chi connectivity index (χ1) is 6.77. The average molecular weight is 195 g/mol. The van der Waals surface area contributed by atoms with Gasteiger partial charge in [0.15, 0.2) is 0 Å². The Labute approximate surface area is 83.3 Å². The number of nitrogens with one attached hydrogen (secondary N) is 2. The summed E-state index contributed by atoms with van der Waals surface area (Å²) in [6.45, 7) is 5.01. The van der Waals surface area contributed by atoms with Crippen molar-refractivity contribution in [1.82, 2.24) is 14.9 Å². The lowest BCUT2D eigenvalue weighted by molar-refractivity contribution is 0.328. The Bertz CT molecular complexity index is 346. The fourth-order valence-corrected chi connectivity index (χ4v) is 2.03. The van der Waals surface area contributed by atoms with E-state index in [0.29, 0.717) is 5.92 Å². The second kappa shape index (κ2) is 4.00. The predicted octanol–water partition coefficient (Wildman–Crippen LogP) is 0.484. The topological polar surface area (TPSA) is 49.8 Å². The molecule has 1 aromatic rings. The second-order valence-electron chi connectivity index (χ2n) is 4.04. The van der Waals surface area contributed by atoms with E-state index in [1.807, 2.05) is 11.5 Å². The van der Waals surface area contributed by atoms with E-state index in [9.17, 15) is 4.79 Å². The molecule has 1 aromatic heterocycles. The molecule has 78 valence electrons. The van der Waals surface area contributed by atoms with Crippen molar-refractivity contribution in [2.45, 2.75) is 26.3 Å². The lowest BCUT2D eigenvalue weighted by Gasteiger charge is -2.22. The molecule has 0 unspecified atom stereocenters. The second-order valence-corrected chi connectivity index (χ2v) is 4.04. The van der Waals surface area contributed by atoms with Crippen molar-refractivity contribution in [3.63, 3.8) is 0 Å². The molecule has 2 N–H and O–H groups in total. The molecule has 0 saturated carbocycles. The summed E-state index contributed by atoms with van der Waals surface area (Å²) in [4.78, 5) is 14.1. The molecule has 0 aromatic carbocycles. The molecule has 14 heavy (non-hydrogen) atoms. The van der Waals surface area contributed by atoms with Gasteiger partial charge in [0.2, 0.25) is 0 Å². The van der Waals surface area contributed by atoms with Crippen LogP contribution < -0.4 is 11.0 Å². The molecule has 0 atom stereocenters. The molecule has 4 heteroatoms. The first-order valence-electron chi connectivity index (χ1n) is 5.23. The molecule has 0 amide bonds. The van der Waals surface area contributed by atoms with Crippen LogP contribution in [0.5, 0.6) is 0 Å². The van der Waals surface area contributed by atoms with E-state index in [-0.39, 0.29) is 5.69 Å². The smallest absolute Gasteiger partial charge is 0.317 e. The third-order valence-corrected chi connectivity index (χ3v) is 2.97. The molecule has 1 saturated heterocycles. The largest absolute Gasteiger partial charge is 0.325 e. The monoisotopic (exact) mass is 195 g/mol. The number of hydrogen-bond donors (Lipinski definition) is 2. The lowest BCUT2D eigenvalue weighted by atomic mass is 9.98. The third-order valence-electron chi connectivity index (χ3n) is 2.97. The molecule has 1 aliphatic heterocycles. The van der Waals surface area contributed by atoms with Crippen molar-refractivity contribution in [3.8, 4) is 0 Å². The van der Waals surface area contributed by atoms with Crippen LogP contribution in [0.4, 0.5) is 0 Å². The van der Waals surface area contributed by atoms with E-state index in [1.165, 1.54) is 12.8 Å². The van der Waals surface area contributed by atoms with Crippen LogP contribution in [0.1, 0.15) is 18.5 Å². The number of aromatic nitrogens is 2. The zero-order valence-corrected chi connectivity index (χ0v) is 8.55. The van der Waals surface area contributed by atoms with Crippen LogP contribution in [0.3, 0.4) is 0 Å². The summed E-state index contributed by atoms with van der Waals surface area (Å²) in [6, 6.07) is 0. The fourth-order valence-electron chi connectivity index (χ4n) is 2.03. The fraction of sp³-hybridized carbons (Fsp3) is 0.700. The summed E-state index contributed by atoms with van der Waals surface area (Å²) in [5, 5.41) is 3.33. The highest BCUT2D eigenvalue weighted by Crippen LogP contribution is 2.13. The molecule has 2 heterocycles. The number of aromatic amines is 1. The van der Waals surface area contributed by atoms with Crippen LogP contribution in [-0.4, -0.2) is 22.6 Å². The standard InChI is InChI=1S/C10H17N3O/c1-8-6-12-10(14)13(8)7-9-2-4-11-5-3-9/h6,9,11H,2-5,7H2,1H3,(H,12,14). The van der Waals surface area contributed by atoms with Gasteiger partial charge in [-0.05, 0) is 38.8 Å². The number of imidazole rings is 1. The minimum absolute atomic E-state index is 0.0287. The Balaban J connectivity index is 2.06. The van der Waals surface area contributed by atoms with Crippen molar-refractivity contribution in [3.05, 3.63) is 22.4 Å². The Kier molecular flexibility index (Phi) is 2.72. The predicted molar refractivity (Wildman–Crippen MR) is 55.4 cm³/mol. The molecular formula is C10H17N3O. The van der Waals surface area contributed by atoms with Gasteiger partial charge in [-0.3, -0.25) is 4.57 Å². The summed E-state index contributed by atoms with van der Waals surface area (Å²) in [5.74, 6) is 0.656. The van der Waals surface area contributed by atoms with Gasteiger partial charge in [0.25, 0.3) is 0 Å². The van der Waals surface area contributed by atoms with Gasteiger partial charge in [-0.2, -0.15) is 0 Å². The van der Waals surface area contributed by atoms with Crippen molar-refractivity contribution in [1.29, 1.82) is 0 Å². The van der Waals surface area contributed by atoms with Crippen LogP contribution in [0.2, 0.25) is 0 Å². The quantitative estimate of drug-likeness (QED) is 0.721. The first kappa shape index (κ1) is 9.52. The van der Waals surface area contributed by atoms with Crippen LogP contribution >= 0.6 is 0 Å². The van der Waals surface area contributed by atoms with Crippen molar-refractivity contribution < 1.29 is 0 Å². The zero-order valence-electron chi connectivity index (χ0n) is 8.55. The maximum absolute atomic E-state index is 11.4. The molecule has 0 bridgehead atoms. The van der Waals surface area contributed by atoms with Gasteiger partial charge in [-0.25, -0.2) is 4.79 Å². The molecule has 4 nitrogen and oxygen atoms in total. The number of H-pyrrole nitrogens is 1. The number of aryl methyl sites for hydroxylation is 1. The Morgan fingerprint density at radius 3 is 2.79 bits per heavy atom. The van der Waals surface area contributed by atoms with E-state index in [2.05, 4.69) is 10.3 Å².